The van der Waals surface area contributed by atoms with Crippen molar-refractivity contribution in [1.82, 2.24) is 10.2 Å². The number of nitrogens with one attached hydrogen (secondary N) is 1. The minimum atomic E-state index is 0.747. The zero-order valence-electron chi connectivity index (χ0n) is 6.62. The second kappa shape index (κ2) is 3.61. The molecule has 2 nitrogen and oxygen atoms in total. The van der Waals surface area contributed by atoms with E-state index in [1.807, 2.05) is 11.8 Å². The average Bonchev–Trinajstić information content (AvgIpc) is 2.58. The number of hydrogen-bond donors (Lipinski definition) is 1. The van der Waals surface area contributed by atoms with Crippen molar-refractivity contribution in [3.05, 3.63) is 11.5 Å². The van der Waals surface area contributed by atoms with Crippen LogP contribution >= 0.6 is 11.8 Å². The van der Waals surface area contributed by atoms with E-state index >= 15 is 0 Å². The van der Waals surface area contributed by atoms with Gasteiger partial charge in [-0.05, 0) is 11.8 Å². The SMILES string of the molecule is C1=CSC(N2CCNCC2)C1. The van der Waals surface area contributed by atoms with Gasteiger partial charge in [0.05, 0.1) is 5.37 Å². The van der Waals surface area contributed by atoms with Gasteiger partial charge in [0.1, 0.15) is 0 Å². The van der Waals surface area contributed by atoms with Crippen LogP contribution in [-0.2, 0) is 0 Å². The molecule has 0 aromatic heterocycles. The van der Waals surface area contributed by atoms with E-state index in [4.69, 9.17) is 0 Å². The predicted molar refractivity (Wildman–Crippen MR) is 49.6 cm³/mol. The second-order valence-corrected chi connectivity index (χ2v) is 4.07. The highest BCUT2D eigenvalue weighted by Gasteiger charge is 2.20. The van der Waals surface area contributed by atoms with Crippen LogP contribution in [0.4, 0.5) is 0 Å². The molecule has 1 N–H and O–H groups in total. The summed E-state index contributed by atoms with van der Waals surface area (Å²) in [4.78, 5) is 2.57. The van der Waals surface area contributed by atoms with Crippen molar-refractivity contribution in [3.8, 4) is 0 Å². The number of piperazine rings is 1. The quantitative estimate of drug-likeness (QED) is 0.628. The molecule has 1 atom stereocenters. The van der Waals surface area contributed by atoms with Gasteiger partial charge in [-0.2, -0.15) is 0 Å². The van der Waals surface area contributed by atoms with Gasteiger partial charge in [-0.3, -0.25) is 4.90 Å². The van der Waals surface area contributed by atoms with Crippen LogP contribution < -0.4 is 5.32 Å². The molecule has 3 heteroatoms. The average molecular weight is 170 g/mol. The molecule has 2 rings (SSSR count). The molecule has 2 aliphatic rings. The second-order valence-electron chi connectivity index (χ2n) is 2.98. The van der Waals surface area contributed by atoms with Crippen molar-refractivity contribution in [2.24, 2.45) is 0 Å². The Labute approximate surface area is 72.0 Å². The van der Waals surface area contributed by atoms with E-state index in [1.54, 1.807) is 0 Å². The van der Waals surface area contributed by atoms with E-state index in [1.165, 1.54) is 19.5 Å². The zero-order valence-corrected chi connectivity index (χ0v) is 7.44. The summed E-state index contributed by atoms with van der Waals surface area (Å²) in [6.45, 7) is 4.77. The van der Waals surface area contributed by atoms with Crippen molar-refractivity contribution in [2.75, 3.05) is 26.2 Å². The largest absolute Gasteiger partial charge is 0.314 e. The summed E-state index contributed by atoms with van der Waals surface area (Å²) < 4.78 is 0. The Bertz CT molecular complexity index is 144. The molecule has 0 radical (unpaired) electrons. The van der Waals surface area contributed by atoms with E-state index in [0.29, 0.717) is 0 Å². The molecule has 1 unspecified atom stereocenters. The molecular formula is C8H14N2S. The summed E-state index contributed by atoms with van der Waals surface area (Å²) >= 11 is 1.97. The van der Waals surface area contributed by atoms with Crippen molar-refractivity contribution < 1.29 is 0 Å². The molecular weight excluding hydrogens is 156 g/mol. The van der Waals surface area contributed by atoms with E-state index in [9.17, 15) is 0 Å². The van der Waals surface area contributed by atoms with Gasteiger partial charge in [0.25, 0.3) is 0 Å². The van der Waals surface area contributed by atoms with Gasteiger partial charge in [0, 0.05) is 26.2 Å². The third-order valence-electron chi connectivity index (χ3n) is 2.23. The maximum absolute atomic E-state index is 3.37. The van der Waals surface area contributed by atoms with Gasteiger partial charge in [-0.1, -0.05) is 6.08 Å². The molecule has 2 aliphatic heterocycles. The lowest BCUT2D eigenvalue weighted by Crippen LogP contribution is -2.46. The molecule has 11 heavy (non-hydrogen) atoms. The normalized spacial score (nSPS) is 32.9. The molecule has 62 valence electrons. The number of thioether (sulfide) groups is 1. The van der Waals surface area contributed by atoms with Crippen LogP contribution in [0, 0.1) is 0 Å². The van der Waals surface area contributed by atoms with Crippen LogP contribution in [-0.4, -0.2) is 36.5 Å². The third kappa shape index (κ3) is 1.78. The third-order valence-corrected chi connectivity index (χ3v) is 3.38. The van der Waals surface area contributed by atoms with E-state index in [0.717, 1.165) is 18.5 Å². The Hall–Kier alpha value is 0.01000. The molecule has 2 heterocycles. The smallest absolute Gasteiger partial charge is 0.0634 e. The number of nitrogens with zero attached hydrogens (tertiary/aromatic N) is 1. The highest BCUT2D eigenvalue weighted by Crippen LogP contribution is 2.26. The Balaban J connectivity index is 1.83. The van der Waals surface area contributed by atoms with E-state index < -0.39 is 0 Å². The van der Waals surface area contributed by atoms with Crippen LogP contribution in [0.1, 0.15) is 6.42 Å². The molecule has 0 spiro atoms. The summed E-state index contributed by atoms with van der Waals surface area (Å²) in [5, 5.41) is 6.34. The minimum absolute atomic E-state index is 0.747. The lowest BCUT2D eigenvalue weighted by atomic mass is 10.3. The lowest BCUT2D eigenvalue weighted by molar-refractivity contribution is 0.227. The van der Waals surface area contributed by atoms with E-state index in [2.05, 4.69) is 21.7 Å². The monoisotopic (exact) mass is 170 g/mol. The van der Waals surface area contributed by atoms with Gasteiger partial charge in [0.15, 0.2) is 0 Å². The van der Waals surface area contributed by atoms with Gasteiger partial charge in [-0.15, -0.1) is 11.8 Å². The highest BCUT2D eigenvalue weighted by molar-refractivity contribution is 8.02. The van der Waals surface area contributed by atoms with Crippen LogP contribution in [0.2, 0.25) is 0 Å². The zero-order chi connectivity index (χ0) is 7.52. The highest BCUT2D eigenvalue weighted by atomic mass is 32.2. The van der Waals surface area contributed by atoms with Crippen LogP contribution in [0.15, 0.2) is 11.5 Å². The Morgan fingerprint density at radius 1 is 1.36 bits per heavy atom. The van der Waals surface area contributed by atoms with Gasteiger partial charge < -0.3 is 5.32 Å². The van der Waals surface area contributed by atoms with Crippen molar-refractivity contribution >= 4 is 11.8 Å². The van der Waals surface area contributed by atoms with Crippen LogP contribution in [0.25, 0.3) is 0 Å². The van der Waals surface area contributed by atoms with Crippen molar-refractivity contribution in [1.29, 1.82) is 0 Å². The standard InChI is InChI=1S/C8H14N2S/c1-2-8(11-7-1)10-5-3-9-4-6-10/h1,7-9H,2-6H2. The molecule has 0 aromatic carbocycles. The van der Waals surface area contributed by atoms with Crippen molar-refractivity contribution in [3.63, 3.8) is 0 Å². The molecule has 0 aliphatic carbocycles. The molecule has 1 saturated heterocycles. The summed E-state index contributed by atoms with van der Waals surface area (Å²) in [5.74, 6) is 0. The Morgan fingerprint density at radius 2 is 2.18 bits per heavy atom. The first-order valence-corrected chi connectivity index (χ1v) is 5.16. The van der Waals surface area contributed by atoms with Gasteiger partial charge in [0.2, 0.25) is 0 Å². The first-order chi connectivity index (χ1) is 5.47. The number of hydrogen-bond acceptors (Lipinski definition) is 3. The Kier molecular flexibility index (Phi) is 2.51. The lowest BCUT2D eigenvalue weighted by Gasteiger charge is -2.31. The maximum atomic E-state index is 3.37. The molecule has 1 fully saturated rings. The fourth-order valence-electron chi connectivity index (χ4n) is 1.58. The van der Waals surface area contributed by atoms with Crippen LogP contribution in [0.3, 0.4) is 0 Å². The van der Waals surface area contributed by atoms with Gasteiger partial charge in [-0.25, -0.2) is 0 Å². The fraction of sp³-hybridized carbons (Fsp3) is 0.750. The summed E-state index contributed by atoms with van der Waals surface area (Å²) in [6.07, 6.45) is 3.52. The first-order valence-electron chi connectivity index (χ1n) is 4.22. The van der Waals surface area contributed by atoms with Gasteiger partial charge >= 0.3 is 0 Å². The summed E-state index contributed by atoms with van der Waals surface area (Å²) in [7, 11) is 0. The molecule has 0 amide bonds. The predicted octanol–water partition coefficient (Wildman–Crippen LogP) is 0.868. The van der Waals surface area contributed by atoms with Crippen LogP contribution in [0.5, 0.6) is 0 Å². The van der Waals surface area contributed by atoms with Crippen molar-refractivity contribution in [2.45, 2.75) is 11.8 Å². The summed E-state index contributed by atoms with van der Waals surface area (Å²) in [6, 6.07) is 0. The number of rotatable bonds is 1. The molecule has 0 bridgehead atoms. The maximum Gasteiger partial charge on any atom is 0.0634 e. The summed E-state index contributed by atoms with van der Waals surface area (Å²) in [5.41, 5.74) is 0. The molecule has 0 aromatic rings. The minimum Gasteiger partial charge on any atom is -0.314 e. The first kappa shape index (κ1) is 7.65. The topological polar surface area (TPSA) is 15.3 Å². The molecule has 0 saturated carbocycles. The fourth-order valence-corrected chi connectivity index (χ4v) is 2.59. The van der Waals surface area contributed by atoms with E-state index in [-0.39, 0.29) is 0 Å². The Morgan fingerprint density at radius 3 is 2.82 bits per heavy atom.